The van der Waals surface area contributed by atoms with Gasteiger partial charge in [-0.25, -0.2) is 0 Å². The molecule has 0 spiro atoms. The van der Waals surface area contributed by atoms with Crippen LogP contribution in [-0.4, -0.2) is 52.9 Å². The zero-order valence-corrected chi connectivity index (χ0v) is 12.5. The first-order valence-corrected chi connectivity index (χ1v) is 7.96. The molecular weight excluding hydrogens is 264 g/mol. The largest absolute Gasteiger partial charge is 0.339 e. The molecule has 3 heterocycles. The topological polar surface area (TPSA) is 62.5 Å². The van der Waals surface area contributed by atoms with Gasteiger partial charge in [0, 0.05) is 37.4 Å². The van der Waals surface area contributed by atoms with Gasteiger partial charge in [0.2, 0.25) is 0 Å². The third kappa shape index (κ3) is 3.24. The van der Waals surface area contributed by atoms with E-state index in [0.717, 1.165) is 31.6 Å². The molecule has 2 N–H and O–H groups in total. The van der Waals surface area contributed by atoms with Crippen molar-refractivity contribution in [3.63, 3.8) is 0 Å². The highest BCUT2D eigenvalue weighted by Crippen LogP contribution is 2.22. The minimum Gasteiger partial charge on any atom is -0.339 e. The molecule has 0 radical (unpaired) electrons. The van der Waals surface area contributed by atoms with Crippen molar-refractivity contribution in [3.8, 4) is 0 Å². The number of rotatable bonds is 3. The zero-order chi connectivity index (χ0) is 14.7. The molecule has 5 heteroatoms. The fourth-order valence-corrected chi connectivity index (χ4v) is 3.45. The van der Waals surface area contributed by atoms with Gasteiger partial charge < -0.3 is 15.5 Å². The van der Waals surface area contributed by atoms with Crippen molar-refractivity contribution in [2.24, 2.45) is 5.73 Å². The van der Waals surface area contributed by atoms with Crippen LogP contribution in [0.4, 0.5) is 0 Å². The Morgan fingerprint density at radius 1 is 1.24 bits per heavy atom. The fraction of sp³-hybridized carbons (Fsp3) is 0.625. The van der Waals surface area contributed by atoms with E-state index < -0.39 is 0 Å². The second-order valence-corrected chi connectivity index (χ2v) is 6.01. The molecule has 3 rings (SSSR count). The van der Waals surface area contributed by atoms with E-state index in [0.29, 0.717) is 18.2 Å². The maximum atomic E-state index is 12.5. The van der Waals surface area contributed by atoms with E-state index in [4.69, 9.17) is 5.73 Å². The van der Waals surface area contributed by atoms with Gasteiger partial charge in [-0.05, 0) is 50.9 Å². The lowest BCUT2D eigenvalue weighted by Gasteiger charge is -2.36. The molecule has 1 aromatic rings. The molecule has 0 bridgehead atoms. The quantitative estimate of drug-likeness (QED) is 0.909. The van der Waals surface area contributed by atoms with E-state index in [1.165, 1.54) is 25.9 Å². The average molecular weight is 288 g/mol. The Kier molecular flexibility index (Phi) is 4.51. The average Bonchev–Trinajstić information content (AvgIpc) is 3.09. The van der Waals surface area contributed by atoms with Gasteiger partial charge >= 0.3 is 0 Å². The predicted octanol–water partition coefficient (Wildman–Crippen LogP) is 1.24. The Balaban J connectivity index is 1.59. The number of pyridine rings is 1. The summed E-state index contributed by atoms with van der Waals surface area (Å²) in [5, 5.41) is 0. The zero-order valence-electron chi connectivity index (χ0n) is 12.5. The van der Waals surface area contributed by atoms with Crippen molar-refractivity contribution in [2.75, 3.05) is 26.2 Å². The normalized spacial score (nSPS) is 20.9. The Morgan fingerprint density at radius 3 is 2.62 bits per heavy atom. The van der Waals surface area contributed by atoms with Crippen molar-refractivity contribution < 1.29 is 4.79 Å². The van der Waals surface area contributed by atoms with Crippen molar-refractivity contribution in [1.29, 1.82) is 0 Å². The number of hydrogen-bond acceptors (Lipinski definition) is 4. The van der Waals surface area contributed by atoms with Gasteiger partial charge in [0.25, 0.3) is 5.91 Å². The molecule has 0 aromatic carbocycles. The summed E-state index contributed by atoms with van der Waals surface area (Å²) in [4.78, 5) is 21.3. The molecule has 2 saturated heterocycles. The number of likely N-dealkylation sites (tertiary alicyclic amines) is 2. The summed E-state index contributed by atoms with van der Waals surface area (Å²) in [7, 11) is 0. The van der Waals surface area contributed by atoms with Gasteiger partial charge in [-0.2, -0.15) is 0 Å². The third-order valence-electron chi connectivity index (χ3n) is 4.68. The molecule has 0 atom stereocenters. The lowest BCUT2D eigenvalue weighted by atomic mass is 10.0. The summed E-state index contributed by atoms with van der Waals surface area (Å²) < 4.78 is 0. The van der Waals surface area contributed by atoms with Crippen LogP contribution in [0.15, 0.2) is 18.3 Å². The van der Waals surface area contributed by atoms with Gasteiger partial charge in [-0.15, -0.1) is 0 Å². The first kappa shape index (κ1) is 14.5. The molecule has 2 aliphatic heterocycles. The predicted molar refractivity (Wildman–Crippen MR) is 81.9 cm³/mol. The number of aromatic nitrogens is 1. The van der Waals surface area contributed by atoms with Crippen molar-refractivity contribution in [3.05, 3.63) is 29.6 Å². The molecule has 2 fully saturated rings. The standard InChI is InChI=1S/C16H24N4O/c17-12-14-11-13(3-6-18-14)16(21)20-9-4-15(5-10-20)19-7-1-2-8-19/h3,6,11,15H,1-2,4-5,7-10,12,17H2. The highest BCUT2D eigenvalue weighted by atomic mass is 16.2. The van der Waals surface area contributed by atoms with Gasteiger partial charge in [0.05, 0.1) is 5.69 Å². The maximum absolute atomic E-state index is 12.5. The van der Waals surface area contributed by atoms with Crippen LogP contribution < -0.4 is 5.73 Å². The minimum atomic E-state index is 0.118. The maximum Gasteiger partial charge on any atom is 0.253 e. The second kappa shape index (κ2) is 6.54. The van der Waals surface area contributed by atoms with Gasteiger partial charge in [-0.1, -0.05) is 0 Å². The summed E-state index contributed by atoms with van der Waals surface area (Å²) in [6, 6.07) is 4.27. The number of piperidine rings is 1. The van der Waals surface area contributed by atoms with E-state index in [-0.39, 0.29) is 5.91 Å². The van der Waals surface area contributed by atoms with E-state index in [1.807, 2.05) is 11.0 Å². The van der Waals surface area contributed by atoms with Crippen LogP contribution >= 0.6 is 0 Å². The van der Waals surface area contributed by atoms with Crippen LogP contribution in [-0.2, 0) is 6.54 Å². The first-order chi connectivity index (χ1) is 10.3. The highest BCUT2D eigenvalue weighted by molar-refractivity contribution is 5.94. The van der Waals surface area contributed by atoms with E-state index in [1.54, 1.807) is 12.3 Å². The molecular formula is C16H24N4O. The van der Waals surface area contributed by atoms with Crippen LogP contribution in [0.3, 0.4) is 0 Å². The molecule has 0 aliphatic carbocycles. The monoisotopic (exact) mass is 288 g/mol. The summed E-state index contributed by atoms with van der Waals surface area (Å²) in [6.07, 6.45) is 6.53. The second-order valence-electron chi connectivity index (χ2n) is 6.01. The Morgan fingerprint density at radius 2 is 1.95 bits per heavy atom. The smallest absolute Gasteiger partial charge is 0.253 e. The lowest BCUT2D eigenvalue weighted by molar-refractivity contribution is 0.0644. The van der Waals surface area contributed by atoms with Crippen molar-refractivity contribution in [1.82, 2.24) is 14.8 Å². The highest BCUT2D eigenvalue weighted by Gasteiger charge is 2.28. The van der Waals surface area contributed by atoms with Crippen LogP contribution in [0.5, 0.6) is 0 Å². The van der Waals surface area contributed by atoms with Gasteiger partial charge in [-0.3, -0.25) is 9.78 Å². The van der Waals surface area contributed by atoms with Gasteiger partial charge in [0.15, 0.2) is 0 Å². The first-order valence-electron chi connectivity index (χ1n) is 7.96. The van der Waals surface area contributed by atoms with Crippen molar-refractivity contribution in [2.45, 2.75) is 38.3 Å². The Bertz CT molecular complexity index is 491. The molecule has 114 valence electrons. The van der Waals surface area contributed by atoms with Crippen LogP contribution in [0.1, 0.15) is 41.7 Å². The van der Waals surface area contributed by atoms with E-state index in [2.05, 4.69) is 9.88 Å². The van der Waals surface area contributed by atoms with Crippen LogP contribution in [0.2, 0.25) is 0 Å². The Hall–Kier alpha value is -1.46. The minimum absolute atomic E-state index is 0.118. The third-order valence-corrected chi connectivity index (χ3v) is 4.68. The SMILES string of the molecule is NCc1cc(C(=O)N2CCC(N3CCCC3)CC2)ccn1. The number of nitrogens with two attached hydrogens (primary N) is 1. The molecule has 5 nitrogen and oxygen atoms in total. The molecule has 1 amide bonds. The molecule has 0 saturated carbocycles. The van der Waals surface area contributed by atoms with Crippen LogP contribution in [0.25, 0.3) is 0 Å². The molecule has 21 heavy (non-hydrogen) atoms. The van der Waals surface area contributed by atoms with Crippen molar-refractivity contribution >= 4 is 5.91 Å². The summed E-state index contributed by atoms with van der Waals surface area (Å²) in [5.74, 6) is 0.118. The number of hydrogen-bond donors (Lipinski definition) is 1. The fourth-order valence-electron chi connectivity index (χ4n) is 3.45. The van der Waals surface area contributed by atoms with E-state index in [9.17, 15) is 4.79 Å². The molecule has 1 aromatic heterocycles. The lowest BCUT2D eigenvalue weighted by Crippen LogP contribution is -2.45. The van der Waals surface area contributed by atoms with Crippen LogP contribution in [0, 0.1) is 0 Å². The number of carbonyl (C=O) groups excluding carboxylic acids is 1. The number of nitrogens with zero attached hydrogens (tertiary/aromatic N) is 3. The molecule has 0 unspecified atom stereocenters. The summed E-state index contributed by atoms with van der Waals surface area (Å²) in [6.45, 7) is 4.57. The summed E-state index contributed by atoms with van der Waals surface area (Å²) in [5.41, 5.74) is 7.08. The Labute approximate surface area is 126 Å². The molecule has 2 aliphatic rings. The number of amides is 1. The summed E-state index contributed by atoms with van der Waals surface area (Å²) >= 11 is 0. The van der Waals surface area contributed by atoms with Gasteiger partial charge in [0.1, 0.15) is 0 Å². The number of carbonyl (C=O) groups is 1. The van der Waals surface area contributed by atoms with E-state index >= 15 is 0 Å².